The van der Waals surface area contributed by atoms with Crippen LogP contribution in [0.15, 0.2) is 55.0 Å². The number of alkyl halides is 1. The first-order valence-corrected chi connectivity index (χ1v) is 12.8. The molecule has 0 bridgehead atoms. The van der Waals surface area contributed by atoms with E-state index in [1.54, 1.807) is 48.9 Å². The van der Waals surface area contributed by atoms with Crippen molar-refractivity contribution in [2.75, 3.05) is 19.6 Å². The molecule has 0 spiro atoms. The van der Waals surface area contributed by atoms with Crippen molar-refractivity contribution in [1.29, 1.82) is 5.26 Å². The number of imidazole rings is 1. The predicted octanol–water partition coefficient (Wildman–Crippen LogP) is 6.27. The number of piperidine rings is 1. The SMILES string of the molecule is Cc1nc2cnc3cc(F)c(-c4ccc(Oc5ncccn5)cc4Cl)cc3c2n1[C@H]1CCN(CC#N)CC1F.S.S. The molecule has 1 aliphatic heterocycles. The van der Waals surface area contributed by atoms with E-state index in [-0.39, 0.29) is 56.7 Å². The van der Waals surface area contributed by atoms with E-state index in [4.69, 9.17) is 21.6 Å². The van der Waals surface area contributed by atoms with Crippen LogP contribution in [0, 0.1) is 24.1 Å². The molecule has 0 radical (unpaired) electrons. The third-order valence-electron chi connectivity index (χ3n) is 6.98. The van der Waals surface area contributed by atoms with Gasteiger partial charge in [-0.2, -0.15) is 32.3 Å². The van der Waals surface area contributed by atoms with Gasteiger partial charge in [0.2, 0.25) is 0 Å². The summed E-state index contributed by atoms with van der Waals surface area (Å²) in [7, 11) is 0. The number of halogens is 3. The lowest BCUT2D eigenvalue weighted by Crippen LogP contribution is -2.43. The highest BCUT2D eigenvalue weighted by atomic mass is 35.5. The highest BCUT2D eigenvalue weighted by molar-refractivity contribution is 7.59. The molecule has 0 amide bonds. The van der Waals surface area contributed by atoms with Gasteiger partial charge in [0.15, 0.2) is 0 Å². The predicted molar refractivity (Wildman–Crippen MR) is 164 cm³/mol. The molecule has 13 heteroatoms. The lowest BCUT2D eigenvalue weighted by Gasteiger charge is -2.35. The molecule has 0 aliphatic carbocycles. The molecule has 1 unspecified atom stereocenters. The Balaban J connectivity index is 0.00000194. The number of hydrogen-bond acceptors (Lipinski definition) is 7. The fourth-order valence-electron chi connectivity index (χ4n) is 5.24. The topological polar surface area (TPSA) is 92.8 Å². The summed E-state index contributed by atoms with van der Waals surface area (Å²) in [6.07, 6.45) is 4.03. The Bertz CT molecular complexity index is 1750. The number of likely N-dealkylation sites (tertiary alicyclic amines) is 1. The maximum atomic E-state index is 15.4. The summed E-state index contributed by atoms with van der Waals surface area (Å²) < 4.78 is 38.4. The number of aromatic nitrogens is 5. The zero-order valence-electron chi connectivity index (χ0n) is 21.9. The summed E-state index contributed by atoms with van der Waals surface area (Å²) in [6, 6.07) is 11.4. The molecule has 1 fully saturated rings. The van der Waals surface area contributed by atoms with Crippen LogP contribution in [0.25, 0.3) is 33.1 Å². The highest BCUT2D eigenvalue weighted by Crippen LogP contribution is 2.38. The maximum absolute atomic E-state index is 15.4. The first-order valence-electron chi connectivity index (χ1n) is 12.4. The van der Waals surface area contributed by atoms with E-state index in [0.717, 1.165) is 0 Å². The van der Waals surface area contributed by atoms with E-state index in [1.165, 1.54) is 6.07 Å². The van der Waals surface area contributed by atoms with Gasteiger partial charge in [-0.25, -0.2) is 23.7 Å². The van der Waals surface area contributed by atoms with Crippen LogP contribution in [0.3, 0.4) is 0 Å². The van der Waals surface area contributed by atoms with Crippen LogP contribution < -0.4 is 4.74 Å². The molecule has 8 nitrogen and oxygen atoms in total. The number of hydrogen-bond donors (Lipinski definition) is 0. The number of nitriles is 1. The molecule has 3 aromatic heterocycles. The zero-order chi connectivity index (χ0) is 27.1. The molecule has 5 aromatic rings. The van der Waals surface area contributed by atoms with Crippen molar-refractivity contribution in [3.8, 4) is 29.0 Å². The first-order chi connectivity index (χ1) is 18.9. The Kier molecular flexibility index (Phi) is 9.34. The normalized spacial score (nSPS) is 17.0. The third kappa shape index (κ3) is 5.81. The summed E-state index contributed by atoms with van der Waals surface area (Å²) in [6.45, 7) is 2.78. The average molecular weight is 614 g/mol. The maximum Gasteiger partial charge on any atom is 0.321 e. The van der Waals surface area contributed by atoms with Gasteiger partial charge in [0.1, 0.15) is 29.1 Å². The van der Waals surface area contributed by atoms with E-state index in [9.17, 15) is 0 Å². The first kappa shape index (κ1) is 30.5. The minimum atomic E-state index is -1.19. The number of aryl methyl sites for hydroxylation is 1. The Morgan fingerprint density at radius 2 is 1.88 bits per heavy atom. The Morgan fingerprint density at radius 3 is 2.59 bits per heavy atom. The van der Waals surface area contributed by atoms with Crippen LogP contribution in [-0.2, 0) is 0 Å². The number of pyridine rings is 1. The fourth-order valence-corrected chi connectivity index (χ4v) is 5.51. The van der Waals surface area contributed by atoms with Crippen LogP contribution in [-0.4, -0.2) is 55.2 Å². The number of nitrogens with zero attached hydrogens (tertiary/aromatic N) is 7. The molecule has 6 rings (SSSR count). The second kappa shape index (κ2) is 12.6. The van der Waals surface area contributed by atoms with E-state index < -0.39 is 18.0 Å². The minimum Gasteiger partial charge on any atom is -0.424 e. The summed E-state index contributed by atoms with van der Waals surface area (Å²) >= 11 is 6.59. The van der Waals surface area contributed by atoms with Crippen molar-refractivity contribution in [3.63, 3.8) is 0 Å². The van der Waals surface area contributed by atoms with Crippen molar-refractivity contribution in [2.24, 2.45) is 0 Å². The van der Waals surface area contributed by atoms with Crippen LogP contribution in [0.5, 0.6) is 11.8 Å². The van der Waals surface area contributed by atoms with Crippen molar-refractivity contribution in [3.05, 3.63) is 71.7 Å². The number of benzene rings is 2. The Labute approximate surface area is 253 Å². The smallest absolute Gasteiger partial charge is 0.321 e. The quantitative estimate of drug-likeness (QED) is 0.216. The van der Waals surface area contributed by atoms with Crippen LogP contribution in [0.4, 0.5) is 8.78 Å². The van der Waals surface area contributed by atoms with E-state index in [1.807, 2.05) is 16.4 Å². The van der Waals surface area contributed by atoms with Gasteiger partial charge in [-0.05, 0) is 37.6 Å². The monoisotopic (exact) mass is 613 g/mol. The summed E-state index contributed by atoms with van der Waals surface area (Å²) in [5, 5.41) is 9.93. The van der Waals surface area contributed by atoms with Crippen LogP contribution in [0.2, 0.25) is 5.02 Å². The second-order valence-electron chi connectivity index (χ2n) is 9.41. The second-order valence-corrected chi connectivity index (χ2v) is 9.82. The Hall–Kier alpha value is -3.50. The van der Waals surface area contributed by atoms with Gasteiger partial charge in [-0.1, -0.05) is 11.6 Å². The van der Waals surface area contributed by atoms with E-state index in [0.29, 0.717) is 52.0 Å². The molecule has 41 heavy (non-hydrogen) atoms. The van der Waals surface area contributed by atoms with Gasteiger partial charge in [-0.15, -0.1) is 0 Å². The molecule has 0 saturated carbocycles. The molecular weight excluding hydrogens is 588 g/mol. The van der Waals surface area contributed by atoms with Gasteiger partial charge >= 0.3 is 6.01 Å². The van der Waals surface area contributed by atoms with E-state index >= 15 is 8.78 Å². The van der Waals surface area contributed by atoms with Crippen molar-refractivity contribution in [1.82, 2.24) is 29.4 Å². The van der Waals surface area contributed by atoms with Crippen molar-refractivity contribution < 1.29 is 13.5 Å². The Morgan fingerprint density at radius 1 is 1.10 bits per heavy atom. The van der Waals surface area contributed by atoms with Gasteiger partial charge in [-0.3, -0.25) is 9.88 Å². The molecule has 0 N–H and O–H groups in total. The molecule has 1 aliphatic rings. The van der Waals surface area contributed by atoms with Crippen LogP contribution in [0.1, 0.15) is 18.3 Å². The molecule has 4 heterocycles. The minimum absolute atomic E-state index is 0. The van der Waals surface area contributed by atoms with Gasteiger partial charge < -0.3 is 9.30 Å². The standard InChI is InChI=1S/C28H22ClF2N7O.2H2S/c1-16-36-25-14-35-24-13-22(30)19(18-4-3-17(11-21(18)29)39-28-33-7-2-8-34-28)12-20(24)27(25)38(16)26-5-9-37(10-6-32)15-23(26)31;;/h2-4,7-8,11-14,23,26H,5,9-10,15H2,1H3;2*1H2/t23?,26-;;/m0../s1. The number of fused-ring (bicyclic) bond motifs is 3. The number of rotatable bonds is 5. The van der Waals surface area contributed by atoms with Crippen LogP contribution >= 0.6 is 38.6 Å². The summed E-state index contributed by atoms with van der Waals surface area (Å²) in [4.78, 5) is 18.9. The average Bonchev–Trinajstić information content (AvgIpc) is 3.25. The molecule has 1 saturated heterocycles. The fraction of sp³-hybridized carbons (Fsp3) is 0.250. The highest BCUT2D eigenvalue weighted by Gasteiger charge is 2.33. The van der Waals surface area contributed by atoms with Gasteiger partial charge in [0.25, 0.3) is 0 Å². The lowest BCUT2D eigenvalue weighted by atomic mass is 10.00. The third-order valence-corrected chi connectivity index (χ3v) is 7.29. The summed E-state index contributed by atoms with van der Waals surface area (Å²) in [5.41, 5.74) is 2.46. The van der Waals surface area contributed by atoms with E-state index in [2.05, 4.69) is 26.0 Å². The van der Waals surface area contributed by atoms with Gasteiger partial charge in [0, 0.05) is 54.1 Å². The lowest BCUT2D eigenvalue weighted by molar-refractivity contribution is 0.0996. The molecular formula is C28H26ClF2N7OS2. The number of ether oxygens (including phenoxy) is 1. The largest absolute Gasteiger partial charge is 0.424 e. The zero-order valence-corrected chi connectivity index (χ0v) is 24.6. The molecule has 2 aromatic carbocycles. The van der Waals surface area contributed by atoms with Gasteiger partial charge in [0.05, 0.1) is 40.9 Å². The van der Waals surface area contributed by atoms with Crippen molar-refractivity contribution >= 4 is 60.5 Å². The van der Waals surface area contributed by atoms with Crippen molar-refractivity contribution in [2.45, 2.75) is 25.6 Å². The summed E-state index contributed by atoms with van der Waals surface area (Å²) in [5.74, 6) is 0.562. The molecule has 2 atom stereocenters. The molecule has 212 valence electrons.